The third kappa shape index (κ3) is 7.74. The summed E-state index contributed by atoms with van der Waals surface area (Å²) in [6.45, 7) is 5.71. The van der Waals surface area contributed by atoms with Gasteiger partial charge in [0.15, 0.2) is 0 Å². The third-order valence-electron chi connectivity index (χ3n) is 6.03. The van der Waals surface area contributed by atoms with Crippen molar-refractivity contribution in [3.63, 3.8) is 0 Å². The molecule has 208 valence electrons. The maximum atomic E-state index is 13.9. The maximum Gasteiger partial charge on any atom is 0.264 e. The molecule has 0 spiro atoms. The lowest BCUT2D eigenvalue weighted by atomic mass is 10.1. The van der Waals surface area contributed by atoms with Gasteiger partial charge in [-0.25, -0.2) is 8.42 Å². The fourth-order valence-electron chi connectivity index (χ4n) is 3.95. The van der Waals surface area contributed by atoms with Gasteiger partial charge in [-0.15, -0.1) is 0 Å². The van der Waals surface area contributed by atoms with Crippen LogP contribution in [0.5, 0.6) is 5.75 Å². The van der Waals surface area contributed by atoms with Crippen molar-refractivity contribution in [2.45, 2.75) is 44.7 Å². The van der Waals surface area contributed by atoms with Crippen LogP contribution in [0, 0.1) is 0 Å². The van der Waals surface area contributed by atoms with Gasteiger partial charge in [-0.3, -0.25) is 13.9 Å². The summed E-state index contributed by atoms with van der Waals surface area (Å²) in [5.74, 6) is -0.543. The second kappa shape index (κ2) is 14.0. The van der Waals surface area contributed by atoms with Crippen LogP contribution in [0.3, 0.4) is 0 Å². The summed E-state index contributed by atoms with van der Waals surface area (Å²) in [4.78, 5) is 28.2. The molecule has 0 aromatic heterocycles. The predicted molar refractivity (Wildman–Crippen MR) is 153 cm³/mol. The van der Waals surface area contributed by atoms with Gasteiger partial charge in [-0.2, -0.15) is 0 Å². The number of rotatable bonds is 13. The normalized spacial score (nSPS) is 11.9. The first-order valence-electron chi connectivity index (χ1n) is 12.8. The Bertz CT molecular complexity index is 1350. The van der Waals surface area contributed by atoms with Crippen LogP contribution in [-0.4, -0.2) is 50.9 Å². The summed E-state index contributed by atoms with van der Waals surface area (Å²) < 4.78 is 34.6. The van der Waals surface area contributed by atoms with Crippen molar-refractivity contribution in [2.75, 3.05) is 24.0 Å². The largest absolute Gasteiger partial charge is 0.492 e. The highest BCUT2D eigenvalue weighted by Gasteiger charge is 2.33. The molecular weight excluding hydrogens is 538 g/mol. The summed E-state index contributed by atoms with van der Waals surface area (Å²) in [5, 5.41) is 3.21. The van der Waals surface area contributed by atoms with Gasteiger partial charge in [-0.1, -0.05) is 61.0 Å². The molecule has 8 nitrogen and oxygen atoms in total. The van der Waals surface area contributed by atoms with Gasteiger partial charge in [0.1, 0.15) is 18.3 Å². The Kier molecular flexibility index (Phi) is 10.8. The summed E-state index contributed by atoms with van der Waals surface area (Å²) in [5.41, 5.74) is 1.02. The van der Waals surface area contributed by atoms with Crippen molar-refractivity contribution in [2.24, 2.45) is 0 Å². The van der Waals surface area contributed by atoms with E-state index >= 15 is 0 Å². The number of carbonyl (C=O) groups is 2. The standard InChI is InChI=1S/C29H34ClN3O5S/c1-4-19-31-29(35)22(3)32(20-23-11-7-6-8-12-23)28(34)21-33(26-13-9-10-14-27(26)38-5-2)39(36,37)25-17-15-24(30)16-18-25/h6-18,22H,4-5,19-21H2,1-3H3,(H,31,35). The van der Waals surface area contributed by atoms with Crippen molar-refractivity contribution in [3.8, 4) is 5.75 Å². The van der Waals surface area contributed by atoms with E-state index in [1.165, 1.54) is 29.2 Å². The Labute approximate surface area is 235 Å². The van der Waals surface area contributed by atoms with Gasteiger partial charge in [0, 0.05) is 18.1 Å². The Morgan fingerprint density at radius 3 is 2.23 bits per heavy atom. The van der Waals surface area contributed by atoms with Gasteiger partial charge in [0.05, 0.1) is 17.2 Å². The van der Waals surface area contributed by atoms with Crippen molar-refractivity contribution in [1.29, 1.82) is 0 Å². The van der Waals surface area contributed by atoms with E-state index < -0.39 is 28.5 Å². The van der Waals surface area contributed by atoms with E-state index in [0.717, 1.165) is 16.3 Å². The van der Waals surface area contributed by atoms with Gasteiger partial charge in [0.2, 0.25) is 11.8 Å². The number of nitrogens with zero attached hydrogens (tertiary/aromatic N) is 2. The monoisotopic (exact) mass is 571 g/mol. The van der Waals surface area contributed by atoms with E-state index in [2.05, 4.69) is 5.32 Å². The van der Waals surface area contributed by atoms with Gasteiger partial charge < -0.3 is 15.0 Å². The minimum atomic E-state index is -4.23. The van der Waals surface area contributed by atoms with E-state index in [1.807, 2.05) is 37.3 Å². The van der Waals surface area contributed by atoms with Crippen LogP contribution in [-0.2, 0) is 26.2 Å². The number of benzene rings is 3. The van der Waals surface area contributed by atoms with Crippen molar-refractivity contribution < 1.29 is 22.7 Å². The first-order valence-corrected chi connectivity index (χ1v) is 14.6. The minimum absolute atomic E-state index is 0.0330. The van der Waals surface area contributed by atoms with Crippen LogP contribution in [0.25, 0.3) is 0 Å². The zero-order chi connectivity index (χ0) is 28.4. The van der Waals surface area contributed by atoms with Crippen LogP contribution >= 0.6 is 11.6 Å². The minimum Gasteiger partial charge on any atom is -0.492 e. The predicted octanol–water partition coefficient (Wildman–Crippen LogP) is 4.88. The molecular formula is C29H34ClN3O5S. The lowest BCUT2D eigenvalue weighted by Crippen LogP contribution is -2.51. The van der Waals surface area contributed by atoms with E-state index in [0.29, 0.717) is 23.9 Å². The smallest absolute Gasteiger partial charge is 0.264 e. The summed E-state index contributed by atoms with van der Waals surface area (Å²) in [7, 11) is -4.23. The number of amides is 2. The highest BCUT2D eigenvalue weighted by molar-refractivity contribution is 7.92. The summed E-state index contributed by atoms with van der Waals surface area (Å²) >= 11 is 6.00. The molecule has 10 heteroatoms. The Hall–Kier alpha value is -3.56. The molecule has 3 rings (SSSR count). The average molecular weight is 572 g/mol. The Balaban J connectivity index is 2.06. The number of carbonyl (C=O) groups excluding carboxylic acids is 2. The quantitative estimate of drug-likeness (QED) is 0.315. The third-order valence-corrected chi connectivity index (χ3v) is 8.05. The van der Waals surface area contributed by atoms with Crippen LogP contribution in [0.15, 0.2) is 83.8 Å². The molecule has 39 heavy (non-hydrogen) atoms. The van der Waals surface area contributed by atoms with Crippen molar-refractivity contribution in [3.05, 3.63) is 89.4 Å². The van der Waals surface area contributed by atoms with Crippen LogP contribution < -0.4 is 14.4 Å². The number of sulfonamides is 1. The SMILES string of the molecule is CCCNC(=O)C(C)N(Cc1ccccc1)C(=O)CN(c1ccccc1OCC)S(=O)(=O)c1ccc(Cl)cc1. The number of para-hydroxylation sites is 2. The van der Waals surface area contributed by atoms with Crippen molar-refractivity contribution >= 4 is 39.1 Å². The summed E-state index contributed by atoms with van der Waals surface area (Å²) in [6.07, 6.45) is 0.742. The summed E-state index contributed by atoms with van der Waals surface area (Å²) in [6, 6.07) is 20.8. The molecule has 3 aromatic carbocycles. The zero-order valence-corrected chi connectivity index (χ0v) is 23.9. The fourth-order valence-corrected chi connectivity index (χ4v) is 5.50. The van der Waals surface area contributed by atoms with E-state index in [-0.39, 0.29) is 23.0 Å². The molecule has 1 N–H and O–H groups in total. The molecule has 3 aromatic rings. The highest BCUT2D eigenvalue weighted by atomic mass is 35.5. The number of hydrogen-bond acceptors (Lipinski definition) is 5. The molecule has 0 radical (unpaired) electrons. The number of hydrogen-bond donors (Lipinski definition) is 1. The fraction of sp³-hybridized carbons (Fsp3) is 0.310. The van der Waals surface area contributed by atoms with Crippen molar-refractivity contribution in [1.82, 2.24) is 10.2 Å². The molecule has 0 fully saturated rings. The Morgan fingerprint density at radius 1 is 0.949 bits per heavy atom. The molecule has 0 aliphatic rings. The van der Waals surface area contributed by atoms with E-state index in [1.54, 1.807) is 38.1 Å². The number of nitrogens with one attached hydrogen (secondary N) is 1. The first-order chi connectivity index (χ1) is 18.7. The molecule has 1 atom stereocenters. The number of halogens is 1. The van der Waals surface area contributed by atoms with Gasteiger partial charge in [0.25, 0.3) is 10.0 Å². The number of anilines is 1. The first kappa shape index (κ1) is 30.0. The molecule has 0 saturated carbocycles. The topological polar surface area (TPSA) is 96.0 Å². The van der Waals surface area contributed by atoms with Gasteiger partial charge >= 0.3 is 0 Å². The van der Waals surface area contributed by atoms with Crippen LogP contribution in [0.1, 0.15) is 32.8 Å². The van der Waals surface area contributed by atoms with E-state index in [4.69, 9.17) is 16.3 Å². The molecule has 1 unspecified atom stereocenters. The lowest BCUT2D eigenvalue weighted by Gasteiger charge is -2.32. The second-order valence-electron chi connectivity index (χ2n) is 8.84. The maximum absolute atomic E-state index is 13.9. The highest BCUT2D eigenvalue weighted by Crippen LogP contribution is 2.33. The Morgan fingerprint density at radius 2 is 1.59 bits per heavy atom. The number of ether oxygens (including phenoxy) is 1. The molecule has 0 heterocycles. The molecule has 0 aliphatic carbocycles. The van der Waals surface area contributed by atoms with E-state index in [9.17, 15) is 18.0 Å². The van der Waals surface area contributed by atoms with Gasteiger partial charge in [-0.05, 0) is 62.2 Å². The average Bonchev–Trinajstić information content (AvgIpc) is 2.94. The van der Waals surface area contributed by atoms with Crippen LogP contribution in [0.4, 0.5) is 5.69 Å². The van der Waals surface area contributed by atoms with Crippen LogP contribution in [0.2, 0.25) is 5.02 Å². The molecule has 2 amide bonds. The second-order valence-corrected chi connectivity index (χ2v) is 11.1. The zero-order valence-electron chi connectivity index (χ0n) is 22.3. The lowest BCUT2D eigenvalue weighted by molar-refractivity contribution is -0.139. The molecule has 0 bridgehead atoms. The molecule has 0 saturated heterocycles. The molecule has 0 aliphatic heterocycles.